The SMILES string of the molecule is C1=CC=CNC=C1.O=C(c1cncc(Br)c1)C1C=c2c(ccc3c2=CCc2ccccc2-3)CC1. The Morgan fingerprint density at radius 1 is 0.912 bits per heavy atom. The first-order valence-corrected chi connectivity index (χ1v) is 12.3. The third-order valence-corrected chi connectivity index (χ3v) is 6.78. The van der Waals surface area contributed by atoms with Crippen LogP contribution in [0, 0.1) is 5.92 Å². The molecule has 6 rings (SSSR count). The first-order valence-electron chi connectivity index (χ1n) is 11.5. The van der Waals surface area contributed by atoms with Gasteiger partial charge in [0.25, 0.3) is 0 Å². The van der Waals surface area contributed by atoms with Crippen molar-refractivity contribution in [2.75, 3.05) is 0 Å². The molecule has 168 valence electrons. The molecule has 0 amide bonds. The molecule has 34 heavy (non-hydrogen) atoms. The lowest BCUT2D eigenvalue weighted by molar-refractivity contribution is 0.0946. The monoisotopic (exact) mass is 508 g/mol. The van der Waals surface area contributed by atoms with Crippen molar-refractivity contribution in [3.8, 4) is 11.1 Å². The molecule has 2 aliphatic carbocycles. The molecule has 2 heterocycles. The average Bonchev–Trinajstić information content (AvgIpc) is 3.21. The lowest BCUT2D eigenvalue weighted by Crippen LogP contribution is -2.37. The van der Waals surface area contributed by atoms with E-state index in [2.05, 4.69) is 74.8 Å². The number of fused-ring (bicyclic) bond motifs is 5. The number of nitrogens with one attached hydrogen (secondary N) is 1. The third kappa shape index (κ3) is 4.73. The Morgan fingerprint density at radius 2 is 1.74 bits per heavy atom. The van der Waals surface area contributed by atoms with Crippen molar-refractivity contribution in [2.24, 2.45) is 5.92 Å². The van der Waals surface area contributed by atoms with Crippen molar-refractivity contribution in [3.63, 3.8) is 0 Å². The molecule has 2 aromatic carbocycles. The van der Waals surface area contributed by atoms with Crippen molar-refractivity contribution in [2.45, 2.75) is 19.3 Å². The molecule has 0 saturated heterocycles. The first-order chi connectivity index (χ1) is 16.7. The minimum Gasteiger partial charge on any atom is -0.368 e. The van der Waals surface area contributed by atoms with E-state index >= 15 is 0 Å². The van der Waals surface area contributed by atoms with Crippen LogP contribution in [0.3, 0.4) is 0 Å². The zero-order valence-electron chi connectivity index (χ0n) is 18.7. The predicted octanol–water partition coefficient (Wildman–Crippen LogP) is 5.25. The van der Waals surface area contributed by atoms with Gasteiger partial charge < -0.3 is 5.32 Å². The van der Waals surface area contributed by atoms with Crippen LogP contribution in [0.15, 0.2) is 96.0 Å². The lowest BCUT2D eigenvalue weighted by Gasteiger charge is -2.21. The minimum absolute atomic E-state index is 0.0920. The predicted molar refractivity (Wildman–Crippen MR) is 142 cm³/mol. The van der Waals surface area contributed by atoms with Gasteiger partial charge in [-0.2, -0.15) is 0 Å². The van der Waals surface area contributed by atoms with Gasteiger partial charge in [-0.3, -0.25) is 9.78 Å². The zero-order chi connectivity index (χ0) is 23.3. The van der Waals surface area contributed by atoms with Crippen molar-refractivity contribution in [1.82, 2.24) is 10.3 Å². The number of carbonyl (C=O) groups excluding carboxylic acids is 1. The Labute approximate surface area is 208 Å². The van der Waals surface area contributed by atoms with Crippen LogP contribution < -0.4 is 15.8 Å². The number of allylic oxidation sites excluding steroid dienone is 4. The Kier molecular flexibility index (Phi) is 6.68. The second-order valence-corrected chi connectivity index (χ2v) is 9.42. The van der Waals surface area contributed by atoms with Crippen LogP contribution in [-0.2, 0) is 12.8 Å². The summed E-state index contributed by atoms with van der Waals surface area (Å²) in [4.78, 5) is 17.2. The maximum absolute atomic E-state index is 13.0. The Morgan fingerprint density at radius 3 is 2.56 bits per heavy atom. The van der Waals surface area contributed by atoms with Crippen molar-refractivity contribution >= 4 is 33.9 Å². The van der Waals surface area contributed by atoms with Crippen LogP contribution in [-0.4, -0.2) is 10.8 Å². The van der Waals surface area contributed by atoms with Gasteiger partial charge in [-0.25, -0.2) is 0 Å². The number of ketones is 1. The minimum atomic E-state index is -0.0920. The molecule has 1 aliphatic heterocycles. The quantitative estimate of drug-likeness (QED) is 0.480. The molecule has 1 atom stereocenters. The standard InChI is InChI=1S/C24H18BrNO.C6H7N/c25-19-11-18(13-26-14-19)24(27)17-6-5-16-8-9-21-20-4-2-1-3-15(20)7-10-22(21)23(16)12-17;1-2-4-6-7-5-3-1/h1-4,8-14,17H,5-7H2;1-7H. The highest BCUT2D eigenvalue weighted by Gasteiger charge is 2.23. The molecule has 3 nitrogen and oxygen atoms in total. The smallest absolute Gasteiger partial charge is 0.171 e. The van der Waals surface area contributed by atoms with Crippen LogP contribution in [0.1, 0.15) is 27.9 Å². The number of carbonyl (C=O) groups is 1. The topological polar surface area (TPSA) is 42.0 Å². The molecule has 0 spiro atoms. The van der Waals surface area contributed by atoms with E-state index in [1.165, 1.54) is 32.7 Å². The molecule has 0 saturated carbocycles. The van der Waals surface area contributed by atoms with Gasteiger partial charge in [0, 0.05) is 40.7 Å². The summed E-state index contributed by atoms with van der Waals surface area (Å²) < 4.78 is 0.840. The second-order valence-electron chi connectivity index (χ2n) is 8.50. The molecule has 0 bridgehead atoms. The summed E-state index contributed by atoms with van der Waals surface area (Å²) in [6.07, 6.45) is 22.2. The van der Waals surface area contributed by atoms with Crippen molar-refractivity contribution < 1.29 is 4.79 Å². The zero-order valence-corrected chi connectivity index (χ0v) is 20.3. The van der Waals surface area contributed by atoms with E-state index in [1.807, 2.05) is 42.8 Å². The molecule has 0 radical (unpaired) electrons. The van der Waals surface area contributed by atoms with Gasteiger partial charge in [-0.05, 0) is 86.1 Å². The highest BCUT2D eigenvalue weighted by Crippen LogP contribution is 2.26. The molecule has 1 unspecified atom stereocenters. The number of halogens is 1. The Bertz CT molecular complexity index is 1430. The van der Waals surface area contributed by atoms with Crippen LogP contribution in [0.5, 0.6) is 0 Å². The Hall–Kier alpha value is -3.50. The summed E-state index contributed by atoms with van der Waals surface area (Å²) in [5.41, 5.74) is 5.99. The molecule has 3 aromatic rings. The highest BCUT2D eigenvalue weighted by molar-refractivity contribution is 9.10. The van der Waals surface area contributed by atoms with Crippen LogP contribution in [0.2, 0.25) is 0 Å². The van der Waals surface area contributed by atoms with Crippen molar-refractivity contribution in [3.05, 3.63) is 123 Å². The largest absolute Gasteiger partial charge is 0.368 e. The molecule has 1 aromatic heterocycles. The van der Waals surface area contributed by atoms with Gasteiger partial charge in [0.1, 0.15) is 0 Å². The summed E-state index contributed by atoms with van der Waals surface area (Å²) in [6.45, 7) is 0. The fraction of sp³-hybridized carbons (Fsp3) is 0.133. The van der Waals surface area contributed by atoms with Gasteiger partial charge in [0.2, 0.25) is 0 Å². The van der Waals surface area contributed by atoms with E-state index in [4.69, 9.17) is 0 Å². The number of nitrogens with zero attached hydrogens (tertiary/aromatic N) is 1. The number of aryl methyl sites for hydroxylation is 1. The molecule has 4 heteroatoms. The molecular formula is C30H25BrN2O. The highest BCUT2D eigenvalue weighted by atomic mass is 79.9. The van der Waals surface area contributed by atoms with Gasteiger partial charge in [0.05, 0.1) is 0 Å². The normalized spacial score (nSPS) is 16.8. The summed E-state index contributed by atoms with van der Waals surface area (Å²) >= 11 is 3.41. The summed E-state index contributed by atoms with van der Waals surface area (Å²) in [5.74, 6) is 0.0638. The van der Waals surface area contributed by atoms with Crippen LogP contribution >= 0.6 is 15.9 Å². The van der Waals surface area contributed by atoms with E-state index in [0.29, 0.717) is 5.56 Å². The molecule has 1 N–H and O–H groups in total. The van der Waals surface area contributed by atoms with Gasteiger partial charge in [-0.15, -0.1) is 0 Å². The Balaban J connectivity index is 0.000000297. The van der Waals surface area contributed by atoms with Gasteiger partial charge >= 0.3 is 0 Å². The summed E-state index contributed by atoms with van der Waals surface area (Å²) in [6, 6.07) is 14.9. The van der Waals surface area contributed by atoms with E-state index in [0.717, 1.165) is 23.7 Å². The lowest BCUT2D eigenvalue weighted by atomic mass is 9.82. The average molecular weight is 509 g/mol. The third-order valence-electron chi connectivity index (χ3n) is 6.35. The number of hydrogen-bond donors (Lipinski definition) is 1. The second kappa shape index (κ2) is 10.2. The maximum atomic E-state index is 13.0. The van der Waals surface area contributed by atoms with E-state index in [1.54, 1.807) is 12.4 Å². The maximum Gasteiger partial charge on any atom is 0.171 e. The van der Waals surface area contributed by atoms with E-state index < -0.39 is 0 Å². The van der Waals surface area contributed by atoms with Gasteiger partial charge in [0.15, 0.2) is 5.78 Å². The fourth-order valence-electron chi connectivity index (χ4n) is 4.69. The molecular weight excluding hydrogens is 484 g/mol. The summed E-state index contributed by atoms with van der Waals surface area (Å²) in [5, 5.41) is 5.46. The number of rotatable bonds is 2. The number of pyridine rings is 1. The van der Waals surface area contributed by atoms with Crippen LogP contribution in [0.4, 0.5) is 0 Å². The van der Waals surface area contributed by atoms with Crippen LogP contribution in [0.25, 0.3) is 23.3 Å². The number of hydrogen-bond acceptors (Lipinski definition) is 3. The van der Waals surface area contributed by atoms with Gasteiger partial charge in [-0.1, -0.05) is 60.7 Å². The van der Waals surface area contributed by atoms with Crippen molar-refractivity contribution in [1.29, 1.82) is 0 Å². The number of aromatic nitrogens is 1. The number of Topliss-reactive ketones (excluding diaryl/α,β-unsaturated/α-hetero) is 1. The molecule has 3 aliphatic rings. The van der Waals surface area contributed by atoms with E-state index in [-0.39, 0.29) is 11.7 Å². The first kappa shape index (κ1) is 22.3. The summed E-state index contributed by atoms with van der Waals surface area (Å²) in [7, 11) is 0. The fourth-order valence-corrected chi connectivity index (χ4v) is 5.06. The number of benzene rings is 2. The van der Waals surface area contributed by atoms with E-state index in [9.17, 15) is 4.79 Å². The molecule has 0 fully saturated rings.